The van der Waals surface area contributed by atoms with Crippen LogP contribution in [0.2, 0.25) is 0 Å². The SMILES string of the molecule is NC(=O)C1CCN([C@@H]2CC(=O)N(c3cccc4ccccc34)C2=O)CC1. The molecule has 2 N–H and O–H groups in total. The molecule has 2 heterocycles. The molecule has 2 aromatic carbocycles. The van der Waals surface area contributed by atoms with Gasteiger partial charge < -0.3 is 5.73 Å². The molecule has 0 radical (unpaired) electrons. The molecule has 0 aromatic heterocycles. The van der Waals surface area contributed by atoms with Crippen LogP contribution in [0.25, 0.3) is 10.8 Å². The highest BCUT2D eigenvalue weighted by molar-refractivity contribution is 6.25. The van der Waals surface area contributed by atoms with Crippen LogP contribution in [0.1, 0.15) is 19.3 Å². The van der Waals surface area contributed by atoms with Crippen molar-refractivity contribution in [2.24, 2.45) is 11.7 Å². The van der Waals surface area contributed by atoms with E-state index in [-0.39, 0.29) is 30.1 Å². The second kappa shape index (κ2) is 6.53. The van der Waals surface area contributed by atoms with Gasteiger partial charge in [0, 0.05) is 11.3 Å². The summed E-state index contributed by atoms with van der Waals surface area (Å²) in [4.78, 5) is 40.4. The van der Waals surface area contributed by atoms with Gasteiger partial charge in [-0.05, 0) is 37.4 Å². The molecule has 2 aliphatic rings. The van der Waals surface area contributed by atoms with E-state index < -0.39 is 6.04 Å². The largest absolute Gasteiger partial charge is 0.369 e. The number of amides is 3. The van der Waals surface area contributed by atoms with Gasteiger partial charge in [0.2, 0.25) is 11.8 Å². The number of rotatable bonds is 3. The fourth-order valence-electron chi connectivity index (χ4n) is 4.05. The summed E-state index contributed by atoms with van der Waals surface area (Å²) < 4.78 is 0. The lowest BCUT2D eigenvalue weighted by molar-refractivity contribution is -0.124. The minimum atomic E-state index is -0.449. The fraction of sp³-hybridized carbons (Fsp3) is 0.350. The number of hydrogen-bond donors (Lipinski definition) is 1. The maximum Gasteiger partial charge on any atom is 0.251 e. The minimum absolute atomic E-state index is 0.132. The molecule has 0 aliphatic carbocycles. The molecule has 0 bridgehead atoms. The van der Waals surface area contributed by atoms with Crippen LogP contribution in [0.5, 0.6) is 0 Å². The molecule has 2 aromatic rings. The minimum Gasteiger partial charge on any atom is -0.369 e. The molecule has 4 rings (SSSR count). The van der Waals surface area contributed by atoms with Crippen molar-refractivity contribution >= 4 is 34.2 Å². The standard InChI is InChI=1S/C20H21N3O3/c21-19(25)14-8-10-22(11-9-14)17-12-18(24)23(20(17)26)16-7-3-5-13-4-1-2-6-15(13)16/h1-7,14,17H,8-12H2,(H2,21,25)/t17-/m1/s1. The third-order valence-corrected chi connectivity index (χ3v) is 5.50. The quantitative estimate of drug-likeness (QED) is 0.853. The van der Waals surface area contributed by atoms with Crippen molar-refractivity contribution in [3.05, 3.63) is 42.5 Å². The molecular formula is C20H21N3O3. The molecule has 2 saturated heterocycles. The van der Waals surface area contributed by atoms with E-state index in [4.69, 9.17) is 5.73 Å². The summed E-state index contributed by atoms with van der Waals surface area (Å²) in [6.45, 7) is 1.22. The van der Waals surface area contributed by atoms with Crippen molar-refractivity contribution in [3.63, 3.8) is 0 Å². The second-order valence-corrected chi connectivity index (χ2v) is 7.00. The molecule has 6 nitrogen and oxygen atoms in total. The predicted molar refractivity (Wildman–Crippen MR) is 98.3 cm³/mol. The Labute approximate surface area is 151 Å². The van der Waals surface area contributed by atoms with Gasteiger partial charge in [0.05, 0.1) is 18.2 Å². The Morgan fingerprint density at radius 3 is 2.42 bits per heavy atom. The van der Waals surface area contributed by atoms with Gasteiger partial charge in [0.15, 0.2) is 0 Å². The average Bonchev–Trinajstić information content (AvgIpc) is 2.95. The molecule has 134 valence electrons. The lowest BCUT2D eigenvalue weighted by atomic mass is 9.95. The highest BCUT2D eigenvalue weighted by atomic mass is 16.2. The first-order valence-corrected chi connectivity index (χ1v) is 8.94. The number of benzene rings is 2. The Morgan fingerprint density at radius 1 is 1.00 bits per heavy atom. The zero-order valence-electron chi connectivity index (χ0n) is 14.4. The van der Waals surface area contributed by atoms with Crippen LogP contribution in [0.3, 0.4) is 0 Å². The summed E-state index contributed by atoms with van der Waals surface area (Å²) >= 11 is 0. The summed E-state index contributed by atoms with van der Waals surface area (Å²) in [5.74, 6) is -0.763. The lowest BCUT2D eigenvalue weighted by Gasteiger charge is -2.33. The number of imide groups is 1. The predicted octanol–water partition coefficient (Wildman–Crippen LogP) is 1.67. The normalized spacial score (nSPS) is 22.3. The van der Waals surface area contributed by atoms with Crippen molar-refractivity contribution in [1.82, 2.24) is 4.90 Å². The van der Waals surface area contributed by atoms with E-state index in [0.717, 1.165) is 10.8 Å². The van der Waals surface area contributed by atoms with Gasteiger partial charge in [-0.25, -0.2) is 4.90 Å². The van der Waals surface area contributed by atoms with Gasteiger partial charge in [-0.1, -0.05) is 36.4 Å². The molecule has 3 amide bonds. The summed E-state index contributed by atoms with van der Waals surface area (Å²) in [5, 5.41) is 1.89. The molecule has 2 aliphatic heterocycles. The molecular weight excluding hydrogens is 330 g/mol. The summed E-state index contributed by atoms with van der Waals surface area (Å²) in [5.41, 5.74) is 6.03. The Balaban J connectivity index is 1.59. The first-order chi connectivity index (χ1) is 12.6. The number of carbonyl (C=O) groups is 3. The first-order valence-electron chi connectivity index (χ1n) is 8.94. The molecule has 0 saturated carbocycles. The maximum absolute atomic E-state index is 13.0. The molecule has 0 unspecified atom stereocenters. The smallest absolute Gasteiger partial charge is 0.251 e. The first kappa shape index (κ1) is 16.7. The van der Waals surface area contributed by atoms with E-state index in [2.05, 4.69) is 0 Å². The Bertz CT molecular complexity index is 882. The van der Waals surface area contributed by atoms with E-state index >= 15 is 0 Å². The number of carbonyl (C=O) groups excluding carboxylic acids is 3. The van der Waals surface area contributed by atoms with Gasteiger partial charge in [-0.2, -0.15) is 0 Å². The van der Waals surface area contributed by atoms with E-state index in [1.807, 2.05) is 47.4 Å². The van der Waals surface area contributed by atoms with Crippen LogP contribution in [0.15, 0.2) is 42.5 Å². The summed E-state index contributed by atoms with van der Waals surface area (Å²) in [7, 11) is 0. The van der Waals surface area contributed by atoms with Crippen molar-refractivity contribution < 1.29 is 14.4 Å². The van der Waals surface area contributed by atoms with Gasteiger partial charge in [0.25, 0.3) is 5.91 Å². The van der Waals surface area contributed by atoms with Crippen molar-refractivity contribution in [2.75, 3.05) is 18.0 Å². The lowest BCUT2D eigenvalue weighted by Crippen LogP contribution is -2.47. The Kier molecular flexibility index (Phi) is 4.20. The van der Waals surface area contributed by atoms with Gasteiger partial charge >= 0.3 is 0 Å². The second-order valence-electron chi connectivity index (χ2n) is 7.00. The highest BCUT2D eigenvalue weighted by Crippen LogP contribution is 2.33. The Morgan fingerprint density at radius 2 is 1.69 bits per heavy atom. The Hall–Kier alpha value is -2.73. The van der Waals surface area contributed by atoms with Crippen LogP contribution < -0.4 is 10.6 Å². The van der Waals surface area contributed by atoms with E-state index in [0.29, 0.717) is 31.6 Å². The van der Waals surface area contributed by atoms with Gasteiger partial charge in [-0.15, -0.1) is 0 Å². The van der Waals surface area contributed by atoms with Crippen LogP contribution in [-0.4, -0.2) is 41.8 Å². The number of anilines is 1. The van der Waals surface area contributed by atoms with E-state index in [9.17, 15) is 14.4 Å². The number of nitrogens with two attached hydrogens (primary N) is 1. The maximum atomic E-state index is 13.0. The third-order valence-electron chi connectivity index (χ3n) is 5.50. The summed E-state index contributed by atoms with van der Waals surface area (Å²) in [6, 6.07) is 12.9. The zero-order valence-corrected chi connectivity index (χ0v) is 14.4. The highest BCUT2D eigenvalue weighted by Gasteiger charge is 2.44. The number of nitrogens with zero attached hydrogens (tertiary/aromatic N) is 2. The van der Waals surface area contributed by atoms with Crippen molar-refractivity contribution in [2.45, 2.75) is 25.3 Å². The monoisotopic (exact) mass is 351 g/mol. The fourth-order valence-corrected chi connectivity index (χ4v) is 4.05. The number of primary amides is 1. The third kappa shape index (κ3) is 2.76. The van der Waals surface area contributed by atoms with Crippen LogP contribution in [0.4, 0.5) is 5.69 Å². The van der Waals surface area contributed by atoms with E-state index in [1.54, 1.807) is 0 Å². The van der Waals surface area contributed by atoms with Crippen LogP contribution in [-0.2, 0) is 14.4 Å². The van der Waals surface area contributed by atoms with Gasteiger partial charge in [-0.3, -0.25) is 19.3 Å². The zero-order chi connectivity index (χ0) is 18.3. The van der Waals surface area contributed by atoms with Crippen molar-refractivity contribution in [3.8, 4) is 0 Å². The number of piperidine rings is 1. The molecule has 2 fully saturated rings. The van der Waals surface area contributed by atoms with E-state index in [1.165, 1.54) is 4.90 Å². The average molecular weight is 351 g/mol. The number of hydrogen-bond acceptors (Lipinski definition) is 4. The molecule has 6 heteroatoms. The molecule has 1 atom stereocenters. The van der Waals surface area contributed by atoms with Crippen molar-refractivity contribution in [1.29, 1.82) is 0 Å². The van der Waals surface area contributed by atoms with Crippen LogP contribution in [0, 0.1) is 5.92 Å². The number of likely N-dealkylation sites (tertiary alicyclic amines) is 1. The molecule has 0 spiro atoms. The van der Waals surface area contributed by atoms with Crippen LogP contribution >= 0.6 is 0 Å². The molecule has 26 heavy (non-hydrogen) atoms. The topological polar surface area (TPSA) is 83.7 Å². The summed E-state index contributed by atoms with van der Waals surface area (Å²) in [6.07, 6.45) is 1.46. The number of fused-ring (bicyclic) bond motifs is 1. The van der Waals surface area contributed by atoms with Gasteiger partial charge in [0.1, 0.15) is 0 Å².